The van der Waals surface area contributed by atoms with Crippen LogP contribution in [0.25, 0.3) is 17.0 Å². The first kappa shape index (κ1) is 27.1. The molecule has 0 unspecified atom stereocenters. The van der Waals surface area contributed by atoms with Crippen LogP contribution in [0.1, 0.15) is 58.2 Å². The summed E-state index contributed by atoms with van der Waals surface area (Å²) >= 11 is 7.55. The molecule has 0 radical (unpaired) electrons. The number of aliphatic hydroxyl groups excluding tert-OH is 1. The van der Waals surface area contributed by atoms with Gasteiger partial charge in [-0.3, -0.25) is 14.0 Å². The van der Waals surface area contributed by atoms with Crippen LogP contribution < -0.4 is 5.32 Å². The summed E-state index contributed by atoms with van der Waals surface area (Å²) < 4.78 is 6.65. The Labute approximate surface area is 230 Å². The van der Waals surface area contributed by atoms with Crippen molar-refractivity contribution in [3.8, 4) is 11.4 Å². The second kappa shape index (κ2) is 11.2. The number of carbonyl (C=O) groups is 2. The molecule has 2 aliphatic rings. The van der Waals surface area contributed by atoms with Gasteiger partial charge in [-0.15, -0.1) is 0 Å². The van der Waals surface area contributed by atoms with Crippen molar-refractivity contribution in [1.82, 2.24) is 18.7 Å². The maximum absolute atomic E-state index is 13.2. The summed E-state index contributed by atoms with van der Waals surface area (Å²) in [6.07, 6.45) is 5.22. The van der Waals surface area contributed by atoms with E-state index >= 15 is 0 Å². The number of nitrogens with zero attached hydrogens (tertiary/aromatic N) is 4. The number of hydrogen-bond donors (Lipinski definition) is 2. The molecule has 11 heteroatoms. The summed E-state index contributed by atoms with van der Waals surface area (Å²) in [6.45, 7) is 4.61. The lowest BCUT2D eigenvalue weighted by Crippen LogP contribution is -2.53. The Morgan fingerprint density at radius 3 is 2.59 bits per heavy atom. The Morgan fingerprint density at radius 1 is 1.16 bits per heavy atom. The van der Waals surface area contributed by atoms with Gasteiger partial charge in [0.05, 0.1) is 22.4 Å². The van der Waals surface area contributed by atoms with Crippen molar-refractivity contribution in [2.75, 3.05) is 18.4 Å². The number of halogens is 1. The van der Waals surface area contributed by atoms with Crippen LogP contribution in [-0.4, -0.2) is 54.8 Å². The van der Waals surface area contributed by atoms with Crippen LogP contribution in [-0.2, 0) is 0 Å². The van der Waals surface area contributed by atoms with Gasteiger partial charge in [-0.25, -0.2) is 4.98 Å². The van der Waals surface area contributed by atoms with Crippen molar-refractivity contribution in [2.45, 2.75) is 38.7 Å². The molecule has 0 atom stereocenters. The first-order valence-corrected chi connectivity index (χ1v) is 13.1. The number of aromatic nitrogens is 3. The van der Waals surface area contributed by atoms with E-state index in [1.165, 1.54) is 16.4 Å². The van der Waals surface area contributed by atoms with Crippen molar-refractivity contribution >= 4 is 59.8 Å². The number of amides is 2. The summed E-state index contributed by atoms with van der Waals surface area (Å²) in [5, 5.41) is 12.6. The molecule has 0 spiro atoms. The molecule has 194 valence electrons. The third-order valence-corrected chi connectivity index (χ3v) is 7.37. The second-order valence-corrected chi connectivity index (χ2v) is 9.81. The molecule has 4 heterocycles. The van der Waals surface area contributed by atoms with Crippen LogP contribution in [0, 0.1) is 0 Å². The number of β-amino-alcohol motifs (C(OH)–C–C–N with tert-alkyl or cyclic N) is 1. The summed E-state index contributed by atoms with van der Waals surface area (Å²) in [4.78, 5) is 32.2. The molecule has 1 saturated heterocycles. The van der Waals surface area contributed by atoms with Gasteiger partial charge >= 0.3 is 0 Å². The van der Waals surface area contributed by atoms with Crippen LogP contribution >= 0.6 is 36.6 Å². The topological polar surface area (TPSA) is 99.8 Å². The van der Waals surface area contributed by atoms with Crippen molar-refractivity contribution < 1.29 is 14.7 Å². The SMILES string of the molecule is CC.O=C(Nc1ccc(C(=O)N2CC(O)C2)c(Cl)c1)c1snc(-c2cccc3nccn23)c1C1CC1.S. The fraction of sp³-hybridized carbons (Fsp3) is 0.308. The number of imidazole rings is 1. The van der Waals surface area contributed by atoms with Crippen LogP contribution in [0.3, 0.4) is 0 Å². The van der Waals surface area contributed by atoms with Gasteiger partial charge in [0.2, 0.25) is 0 Å². The minimum atomic E-state index is -0.480. The molecular formula is C26H28ClN5O3S2. The molecule has 6 rings (SSSR count). The molecular weight excluding hydrogens is 530 g/mol. The number of benzene rings is 1. The lowest BCUT2D eigenvalue weighted by Gasteiger charge is -2.36. The normalized spacial score (nSPS) is 14.9. The highest BCUT2D eigenvalue weighted by molar-refractivity contribution is 7.59. The highest BCUT2D eigenvalue weighted by Crippen LogP contribution is 2.47. The molecule has 37 heavy (non-hydrogen) atoms. The van der Waals surface area contributed by atoms with E-state index in [4.69, 9.17) is 11.6 Å². The Morgan fingerprint density at radius 2 is 1.92 bits per heavy atom. The highest BCUT2D eigenvalue weighted by atomic mass is 35.5. The standard InChI is InChI=1S/C24H20ClN5O3S.C2H6.H2S/c25-17-10-14(6-7-16(17)24(33)29-11-15(31)12-29)27-23(32)22-20(13-4-5-13)21(28-34-22)18-2-1-3-19-26-8-9-30(18)19;1-2;/h1-3,6-10,13,15,31H,4-5,11-12H2,(H,27,32);1-2H3;1H2. The van der Waals surface area contributed by atoms with E-state index < -0.39 is 6.10 Å². The largest absolute Gasteiger partial charge is 0.389 e. The molecule has 2 amide bonds. The van der Waals surface area contributed by atoms with E-state index in [0.717, 1.165) is 35.4 Å². The zero-order chi connectivity index (χ0) is 25.4. The number of fused-ring (bicyclic) bond motifs is 1. The van der Waals surface area contributed by atoms with Gasteiger partial charge in [0, 0.05) is 36.7 Å². The molecule has 2 N–H and O–H groups in total. The predicted molar refractivity (Wildman–Crippen MR) is 151 cm³/mol. The first-order chi connectivity index (χ1) is 17.5. The van der Waals surface area contributed by atoms with Gasteiger partial charge in [0.15, 0.2) is 0 Å². The van der Waals surface area contributed by atoms with E-state index in [2.05, 4.69) is 14.7 Å². The predicted octanol–water partition coefficient (Wildman–Crippen LogP) is 5.20. The van der Waals surface area contributed by atoms with Gasteiger partial charge in [-0.05, 0) is 60.6 Å². The average molecular weight is 558 g/mol. The van der Waals surface area contributed by atoms with E-state index in [1.807, 2.05) is 42.6 Å². The average Bonchev–Trinajstić information content (AvgIpc) is 3.41. The maximum Gasteiger partial charge on any atom is 0.267 e. The van der Waals surface area contributed by atoms with Crippen molar-refractivity contribution in [3.05, 3.63) is 69.8 Å². The first-order valence-electron chi connectivity index (χ1n) is 12.0. The summed E-state index contributed by atoms with van der Waals surface area (Å²) in [5.41, 5.74) is 4.38. The summed E-state index contributed by atoms with van der Waals surface area (Å²) in [6, 6.07) is 10.7. The number of carbonyl (C=O) groups excluding carboxylic acids is 2. The minimum Gasteiger partial charge on any atom is -0.389 e. The molecule has 1 aliphatic carbocycles. The molecule has 0 bridgehead atoms. The molecule has 8 nitrogen and oxygen atoms in total. The Balaban J connectivity index is 0.00000104. The molecule has 1 aliphatic heterocycles. The van der Waals surface area contributed by atoms with Crippen LogP contribution in [0.2, 0.25) is 5.02 Å². The zero-order valence-electron chi connectivity index (χ0n) is 20.4. The molecule has 1 aromatic carbocycles. The van der Waals surface area contributed by atoms with Crippen molar-refractivity contribution in [3.63, 3.8) is 0 Å². The van der Waals surface area contributed by atoms with E-state index in [-0.39, 0.29) is 30.3 Å². The van der Waals surface area contributed by atoms with Gasteiger partial charge in [0.25, 0.3) is 11.8 Å². The fourth-order valence-corrected chi connectivity index (χ4v) is 5.41. The minimum absolute atomic E-state index is 0. The van der Waals surface area contributed by atoms with E-state index in [0.29, 0.717) is 35.1 Å². The van der Waals surface area contributed by atoms with Gasteiger partial charge in [0.1, 0.15) is 16.2 Å². The van der Waals surface area contributed by atoms with Crippen molar-refractivity contribution in [1.29, 1.82) is 0 Å². The smallest absolute Gasteiger partial charge is 0.267 e. The fourth-order valence-electron chi connectivity index (χ4n) is 4.28. The quantitative estimate of drug-likeness (QED) is 0.351. The summed E-state index contributed by atoms with van der Waals surface area (Å²) in [5.74, 6) is -0.168. The number of rotatable bonds is 5. The monoisotopic (exact) mass is 557 g/mol. The summed E-state index contributed by atoms with van der Waals surface area (Å²) in [7, 11) is 0. The van der Waals surface area contributed by atoms with Gasteiger partial charge in [-0.2, -0.15) is 17.9 Å². The Kier molecular flexibility index (Phi) is 8.23. The van der Waals surface area contributed by atoms with E-state index in [1.54, 1.807) is 24.4 Å². The third kappa shape index (κ3) is 5.24. The number of hydrogen-bond acceptors (Lipinski definition) is 6. The van der Waals surface area contributed by atoms with Crippen LogP contribution in [0.5, 0.6) is 0 Å². The maximum atomic E-state index is 13.2. The molecule has 3 aromatic heterocycles. The lowest BCUT2D eigenvalue weighted by molar-refractivity contribution is 0.00591. The number of pyridine rings is 1. The highest BCUT2D eigenvalue weighted by Gasteiger charge is 2.35. The molecule has 1 saturated carbocycles. The second-order valence-electron chi connectivity index (χ2n) is 8.63. The van der Waals surface area contributed by atoms with Crippen LogP contribution in [0.4, 0.5) is 5.69 Å². The van der Waals surface area contributed by atoms with E-state index in [9.17, 15) is 14.7 Å². The number of anilines is 1. The number of nitrogens with one attached hydrogen (secondary N) is 1. The van der Waals surface area contributed by atoms with Crippen LogP contribution in [0.15, 0.2) is 48.8 Å². The zero-order valence-corrected chi connectivity index (χ0v) is 23.0. The Bertz CT molecular complexity index is 1440. The number of likely N-dealkylation sites (tertiary alicyclic amines) is 1. The van der Waals surface area contributed by atoms with Gasteiger partial charge in [-0.1, -0.05) is 31.5 Å². The lowest BCUT2D eigenvalue weighted by atomic mass is 10.1. The Hall–Kier alpha value is -2.92. The van der Waals surface area contributed by atoms with Crippen molar-refractivity contribution in [2.24, 2.45) is 0 Å². The molecule has 2 fully saturated rings. The third-order valence-electron chi connectivity index (χ3n) is 6.20. The number of aliphatic hydroxyl groups is 1. The van der Waals surface area contributed by atoms with Gasteiger partial charge < -0.3 is 15.3 Å². The molecule has 4 aromatic rings.